The molecule has 1 aromatic heterocycles. The van der Waals surface area contributed by atoms with Crippen LogP contribution in [0.25, 0.3) is 0 Å². The van der Waals surface area contributed by atoms with Gasteiger partial charge in [0.2, 0.25) is 5.91 Å². The minimum atomic E-state index is -0.966. The van der Waals surface area contributed by atoms with Gasteiger partial charge >= 0.3 is 5.97 Å². The van der Waals surface area contributed by atoms with Crippen LogP contribution < -0.4 is 5.32 Å². The fraction of sp³-hybridized carbons (Fsp3) is 0.667. The second kappa shape index (κ2) is 4.64. The molecule has 0 spiro atoms. The highest BCUT2D eigenvalue weighted by Crippen LogP contribution is 2.57. The number of carbonyl (C=O) groups is 2. The van der Waals surface area contributed by atoms with Gasteiger partial charge in [0.15, 0.2) is 0 Å². The van der Waals surface area contributed by atoms with Gasteiger partial charge in [-0.15, -0.1) is 5.10 Å². The van der Waals surface area contributed by atoms with Crippen molar-refractivity contribution in [3.8, 4) is 0 Å². The number of fused-ring (bicyclic) bond motifs is 1. The molecule has 7 heteroatoms. The summed E-state index contributed by atoms with van der Waals surface area (Å²) in [4.78, 5) is 22.4. The second-order valence-electron chi connectivity index (χ2n) is 5.30. The van der Waals surface area contributed by atoms with Crippen molar-refractivity contribution in [2.75, 3.05) is 0 Å². The predicted molar refractivity (Wildman–Crippen MR) is 63.8 cm³/mol. The molecule has 1 heterocycles. The number of nitrogens with one attached hydrogen (secondary N) is 1. The van der Waals surface area contributed by atoms with E-state index in [0.29, 0.717) is 24.1 Å². The number of nitrogens with zero attached hydrogens (tertiary/aromatic N) is 3. The van der Waals surface area contributed by atoms with Crippen LogP contribution in [0.5, 0.6) is 0 Å². The summed E-state index contributed by atoms with van der Waals surface area (Å²) in [5.41, 5.74) is 0.584. The SMILES string of the molecule is O=C(O)Cn1cc(CNC(=O)C2C3CCCC32)nn1. The van der Waals surface area contributed by atoms with Crippen LogP contribution in [0.3, 0.4) is 0 Å². The molecule has 2 unspecified atom stereocenters. The predicted octanol–water partition coefficient (Wildman–Crippen LogP) is 0.0250. The number of hydrogen-bond donors (Lipinski definition) is 2. The van der Waals surface area contributed by atoms with E-state index in [1.807, 2.05) is 0 Å². The lowest BCUT2D eigenvalue weighted by Crippen LogP contribution is -2.26. The van der Waals surface area contributed by atoms with Crippen LogP contribution in [0.4, 0.5) is 0 Å². The summed E-state index contributed by atoms with van der Waals surface area (Å²) >= 11 is 0. The standard InChI is InChI=1S/C12H16N4O3/c17-10(18)6-16-5-7(14-15-16)4-13-12(19)11-8-2-1-3-9(8)11/h5,8-9,11H,1-4,6H2,(H,13,19)(H,17,18). The number of carboxylic acid groups (broad SMARTS) is 1. The average molecular weight is 264 g/mol. The third-order valence-electron chi connectivity index (χ3n) is 4.04. The largest absolute Gasteiger partial charge is 0.480 e. The molecular weight excluding hydrogens is 248 g/mol. The molecule has 2 aliphatic rings. The van der Waals surface area contributed by atoms with Crippen molar-refractivity contribution in [1.29, 1.82) is 0 Å². The summed E-state index contributed by atoms with van der Waals surface area (Å²) in [6.45, 7) is 0.0993. The normalized spacial score (nSPS) is 27.9. The number of carbonyl (C=O) groups excluding carboxylic acids is 1. The average Bonchev–Trinajstić information content (AvgIpc) is 2.76. The minimum absolute atomic E-state index is 0.0995. The van der Waals surface area contributed by atoms with Crippen LogP contribution in [0.2, 0.25) is 0 Å². The Balaban J connectivity index is 1.48. The first-order valence-electron chi connectivity index (χ1n) is 6.53. The molecule has 2 saturated carbocycles. The van der Waals surface area contributed by atoms with E-state index in [9.17, 15) is 9.59 Å². The zero-order chi connectivity index (χ0) is 13.4. The Morgan fingerprint density at radius 1 is 1.42 bits per heavy atom. The van der Waals surface area contributed by atoms with E-state index in [2.05, 4.69) is 15.6 Å². The molecule has 0 bridgehead atoms. The lowest BCUT2D eigenvalue weighted by molar-refractivity contribution is -0.138. The van der Waals surface area contributed by atoms with Gasteiger partial charge in [0.1, 0.15) is 12.2 Å². The van der Waals surface area contributed by atoms with Crippen molar-refractivity contribution in [2.24, 2.45) is 17.8 Å². The summed E-state index contributed by atoms with van der Waals surface area (Å²) in [5, 5.41) is 19.0. The third kappa shape index (κ3) is 2.45. The highest BCUT2D eigenvalue weighted by atomic mass is 16.4. The van der Waals surface area contributed by atoms with E-state index in [-0.39, 0.29) is 18.4 Å². The smallest absolute Gasteiger partial charge is 0.325 e. The summed E-state index contributed by atoms with van der Waals surface area (Å²) in [7, 11) is 0. The molecule has 102 valence electrons. The van der Waals surface area contributed by atoms with Crippen molar-refractivity contribution >= 4 is 11.9 Å². The highest BCUT2D eigenvalue weighted by molar-refractivity contribution is 5.82. The lowest BCUT2D eigenvalue weighted by Gasteiger charge is -2.04. The molecule has 3 rings (SSSR count). The van der Waals surface area contributed by atoms with Crippen LogP contribution in [-0.2, 0) is 22.7 Å². The Morgan fingerprint density at radius 3 is 2.84 bits per heavy atom. The monoisotopic (exact) mass is 264 g/mol. The van der Waals surface area contributed by atoms with Crippen molar-refractivity contribution in [2.45, 2.75) is 32.4 Å². The van der Waals surface area contributed by atoms with Crippen LogP contribution in [0.15, 0.2) is 6.20 Å². The molecule has 0 aromatic carbocycles. The van der Waals surface area contributed by atoms with Crippen molar-refractivity contribution in [3.05, 3.63) is 11.9 Å². The van der Waals surface area contributed by atoms with Crippen LogP contribution in [0, 0.1) is 17.8 Å². The molecule has 2 aliphatic carbocycles. The Morgan fingerprint density at radius 2 is 2.16 bits per heavy atom. The van der Waals surface area contributed by atoms with Crippen LogP contribution in [-0.4, -0.2) is 32.0 Å². The van der Waals surface area contributed by atoms with Crippen molar-refractivity contribution in [3.63, 3.8) is 0 Å². The maximum Gasteiger partial charge on any atom is 0.325 e. The number of rotatable bonds is 5. The summed E-state index contributed by atoms with van der Waals surface area (Å²) in [6.07, 6.45) is 5.15. The number of aromatic nitrogens is 3. The number of carboxylic acids is 1. The molecule has 2 fully saturated rings. The Hall–Kier alpha value is -1.92. The molecular formula is C12H16N4O3. The van der Waals surface area contributed by atoms with Gasteiger partial charge in [-0.1, -0.05) is 11.6 Å². The van der Waals surface area contributed by atoms with E-state index in [1.165, 1.54) is 23.9 Å². The first kappa shape index (κ1) is 12.1. The minimum Gasteiger partial charge on any atom is -0.480 e. The van der Waals surface area contributed by atoms with Crippen LogP contribution in [0.1, 0.15) is 25.0 Å². The Labute approximate surface area is 110 Å². The molecule has 1 amide bonds. The molecule has 7 nitrogen and oxygen atoms in total. The molecule has 19 heavy (non-hydrogen) atoms. The van der Waals surface area contributed by atoms with Gasteiger partial charge in [-0.3, -0.25) is 9.59 Å². The van der Waals surface area contributed by atoms with E-state index in [0.717, 1.165) is 0 Å². The maximum absolute atomic E-state index is 11.9. The second-order valence-corrected chi connectivity index (χ2v) is 5.30. The summed E-state index contributed by atoms with van der Waals surface area (Å²) in [5.74, 6) is 0.530. The fourth-order valence-corrected chi connectivity index (χ4v) is 3.14. The van der Waals surface area contributed by atoms with Gasteiger partial charge < -0.3 is 10.4 Å². The van der Waals surface area contributed by atoms with E-state index >= 15 is 0 Å². The van der Waals surface area contributed by atoms with Gasteiger partial charge in [0.05, 0.1) is 12.7 Å². The quantitative estimate of drug-likeness (QED) is 0.781. The molecule has 0 aliphatic heterocycles. The van der Waals surface area contributed by atoms with E-state index in [1.54, 1.807) is 6.20 Å². The maximum atomic E-state index is 11.9. The number of hydrogen-bond acceptors (Lipinski definition) is 4. The Kier molecular flexibility index (Phi) is 2.96. The Bertz CT molecular complexity index is 503. The lowest BCUT2D eigenvalue weighted by atomic mass is 10.1. The number of aliphatic carboxylic acids is 1. The topological polar surface area (TPSA) is 97.1 Å². The van der Waals surface area contributed by atoms with E-state index in [4.69, 9.17) is 5.11 Å². The molecule has 2 atom stereocenters. The summed E-state index contributed by atoms with van der Waals surface area (Å²) < 4.78 is 1.25. The van der Waals surface area contributed by atoms with Crippen LogP contribution >= 0.6 is 0 Å². The van der Waals surface area contributed by atoms with Gasteiger partial charge in [0.25, 0.3) is 0 Å². The molecule has 2 N–H and O–H groups in total. The molecule has 1 aromatic rings. The molecule has 0 saturated heterocycles. The fourth-order valence-electron chi connectivity index (χ4n) is 3.14. The van der Waals surface area contributed by atoms with Crippen molar-refractivity contribution in [1.82, 2.24) is 20.3 Å². The van der Waals surface area contributed by atoms with Gasteiger partial charge in [-0.2, -0.15) is 0 Å². The zero-order valence-corrected chi connectivity index (χ0v) is 10.5. The van der Waals surface area contributed by atoms with Gasteiger partial charge in [0, 0.05) is 5.92 Å². The highest BCUT2D eigenvalue weighted by Gasteiger charge is 2.56. The molecule has 0 radical (unpaired) electrons. The van der Waals surface area contributed by atoms with Gasteiger partial charge in [-0.25, -0.2) is 4.68 Å². The first-order chi connectivity index (χ1) is 9.15. The number of amides is 1. The third-order valence-corrected chi connectivity index (χ3v) is 4.04. The summed E-state index contributed by atoms with van der Waals surface area (Å²) in [6, 6.07) is 0. The van der Waals surface area contributed by atoms with Crippen molar-refractivity contribution < 1.29 is 14.7 Å². The van der Waals surface area contributed by atoms with Gasteiger partial charge in [-0.05, 0) is 24.7 Å². The zero-order valence-electron chi connectivity index (χ0n) is 10.5. The van der Waals surface area contributed by atoms with E-state index < -0.39 is 5.97 Å². The first-order valence-corrected chi connectivity index (χ1v) is 6.53.